The Morgan fingerprint density at radius 2 is 1.79 bits per heavy atom. The molecule has 2 aromatic carbocycles. The number of carbonyl (C=O) groups excluding carboxylic acids is 1. The summed E-state index contributed by atoms with van der Waals surface area (Å²) in [7, 11) is -3.88. The van der Waals surface area contributed by atoms with Crippen molar-refractivity contribution in [2.45, 2.75) is 19.4 Å². The summed E-state index contributed by atoms with van der Waals surface area (Å²) in [6.45, 7) is 1.63. The van der Waals surface area contributed by atoms with E-state index in [2.05, 4.69) is 5.32 Å². The Hall–Kier alpha value is -3.04. The van der Waals surface area contributed by atoms with Crippen molar-refractivity contribution in [1.82, 2.24) is 5.32 Å². The predicted octanol–water partition coefficient (Wildman–Crippen LogP) is 3.30. The number of allylic oxidation sites excluding steroid dienone is 2. The quantitative estimate of drug-likeness (QED) is 0.775. The molecule has 0 fully saturated rings. The van der Waals surface area contributed by atoms with Crippen LogP contribution in [0.1, 0.15) is 22.3 Å². The standard InChI is InChI=1S/C20H18F2N2O4S/c1-12-9-13(21)5-7-18(12)28-19-8-6-14(22)10-17(19)20(25)24-15-3-2-4-16(11-15)29(23,26)27/h2-10,15H,11H2,1H3,(H,24,25)(H2,23,26,27). The third-order valence-electron chi connectivity index (χ3n) is 4.27. The zero-order valence-corrected chi connectivity index (χ0v) is 16.2. The summed E-state index contributed by atoms with van der Waals surface area (Å²) >= 11 is 0. The van der Waals surface area contributed by atoms with Crippen molar-refractivity contribution in [2.75, 3.05) is 0 Å². The van der Waals surface area contributed by atoms with Crippen LogP contribution in [0.15, 0.2) is 59.5 Å². The maximum Gasteiger partial charge on any atom is 0.255 e. The van der Waals surface area contributed by atoms with Crippen LogP contribution in [0.2, 0.25) is 0 Å². The number of nitrogens with one attached hydrogen (secondary N) is 1. The first-order valence-electron chi connectivity index (χ1n) is 8.58. The molecule has 6 nitrogen and oxygen atoms in total. The Morgan fingerprint density at radius 3 is 2.45 bits per heavy atom. The van der Waals surface area contributed by atoms with Gasteiger partial charge in [-0.2, -0.15) is 0 Å². The molecule has 0 aromatic heterocycles. The fourth-order valence-corrected chi connectivity index (χ4v) is 3.50. The molecule has 0 aliphatic heterocycles. The molecule has 152 valence electrons. The maximum atomic E-state index is 13.8. The molecular formula is C20H18F2N2O4S. The van der Waals surface area contributed by atoms with Gasteiger partial charge in [0.1, 0.15) is 23.1 Å². The van der Waals surface area contributed by atoms with Crippen LogP contribution in [0.25, 0.3) is 0 Å². The molecule has 1 aliphatic rings. The van der Waals surface area contributed by atoms with Gasteiger partial charge in [-0.3, -0.25) is 4.79 Å². The van der Waals surface area contributed by atoms with Gasteiger partial charge in [0.15, 0.2) is 0 Å². The van der Waals surface area contributed by atoms with Crippen LogP contribution in [0.3, 0.4) is 0 Å². The zero-order valence-electron chi connectivity index (χ0n) is 15.4. The molecule has 1 atom stereocenters. The van der Waals surface area contributed by atoms with Crippen molar-refractivity contribution in [3.63, 3.8) is 0 Å². The van der Waals surface area contributed by atoms with E-state index in [-0.39, 0.29) is 22.6 Å². The minimum Gasteiger partial charge on any atom is -0.456 e. The highest BCUT2D eigenvalue weighted by Crippen LogP contribution is 2.29. The van der Waals surface area contributed by atoms with E-state index in [1.807, 2.05) is 0 Å². The van der Waals surface area contributed by atoms with Crippen LogP contribution in [-0.4, -0.2) is 20.4 Å². The van der Waals surface area contributed by atoms with Gasteiger partial charge in [0.2, 0.25) is 10.0 Å². The predicted molar refractivity (Wildman–Crippen MR) is 104 cm³/mol. The number of halogens is 2. The molecule has 1 unspecified atom stereocenters. The summed E-state index contributed by atoms with van der Waals surface area (Å²) in [5.41, 5.74) is 0.410. The largest absolute Gasteiger partial charge is 0.456 e. The van der Waals surface area contributed by atoms with E-state index in [1.165, 1.54) is 36.4 Å². The number of amides is 1. The minimum absolute atomic E-state index is 0.0242. The second kappa shape index (κ2) is 8.14. The Morgan fingerprint density at radius 1 is 1.14 bits per heavy atom. The van der Waals surface area contributed by atoms with Crippen molar-refractivity contribution in [3.05, 3.63) is 82.3 Å². The van der Waals surface area contributed by atoms with E-state index < -0.39 is 33.6 Å². The molecule has 29 heavy (non-hydrogen) atoms. The molecule has 0 saturated heterocycles. The van der Waals surface area contributed by atoms with Crippen LogP contribution >= 0.6 is 0 Å². The van der Waals surface area contributed by atoms with Gasteiger partial charge in [0.05, 0.1) is 16.5 Å². The van der Waals surface area contributed by atoms with Gasteiger partial charge in [0.25, 0.3) is 5.91 Å². The number of primary sulfonamides is 1. The second-order valence-corrected chi connectivity index (χ2v) is 8.11. The van der Waals surface area contributed by atoms with Crippen LogP contribution in [-0.2, 0) is 10.0 Å². The van der Waals surface area contributed by atoms with Crippen molar-refractivity contribution < 1.29 is 26.7 Å². The lowest BCUT2D eigenvalue weighted by Gasteiger charge is -2.20. The lowest BCUT2D eigenvalue weighted by atomic mass is 10.1. The van der Waals surface area contributed by atoms with Crippen LogP contribution in [0.5, 0.6) is 11.5 Å². The Balaban J connectivity index is 1.83. The summed E-state index contributed by atoms with van der Waals surface area (Å²) in [5, 5.41) is 7.75. The summed E-state index contributed by atoms with van der Waals surface area (Å²) in [6.07, 6.45) is 4.39. The topological polar surface area (TPSA) is 98.5 Å². The number of aryl methyl sites for hydroxylation is 1. The van der Waals surface area contributed by atoms with Gasteiger partial charge < -0.3 is 10.1 Å². The van der Waals surface area contributed by atoms with E-state index in [0.717, 1.165) is 12.1 Å². The van der Waals surface area contributed by atoms with Gasteiger partial charge in [-0.05, 0) is 55.0 Å². The van der Waals surface area contributed by atoms with E-state index in [1.54, 1.807) is 13.0 Å². The first-order chi connectivity index (χ1) is 13.6. The van der Waals surface area contributed by atoms with Gasteiger partial charge in [-0.25, -0.2) is 22.3 Å². The van der Waals surface area contributed by atoms with Crippen LogP contribution in [0.4, 0.5) is 8.78 Å². The number of sulfonamides is 1. The van der Waals surface area contributed by atoms with Crippen molar-refractivity contribution in [2.24, 2.45) is 5.14 Å². The maximum absolute atomic E-state index is 13.8. The number of hydrogen-bond acceptors (Lipinski definition) is 4. The van der Waals surface area contributed by atoms with Crippen LogP contribution in [0, 0.1) is 18.6 Å². The smallest absolute Gasteiger partial charge is 0.255 e. The van der Waals surface area contributed by atoms with Crippen molar-refractivity contribution in [1.29, 1.82) is 0 Å². The Labute approximate surface area is 166 Å². The molecule has 1 amide bonds. The van der Waals surface area contributed by atoms with Gasteiger partial charge in [-0.1, -0.05) is 12.2 Å². The number of carbonyl (C=O) groups is 1. The van der Waals surface area contributed by atoms with Gasteiger partial charge in [0, 0.05) is 6.42 Å². The highest BCUT2D eigenvalue weighted by molar-refractivity contribution is 7.93. The van der Waals surface area contributed by atoms with E-state index in [0.29, 0.717) is 11.3 Å². The summed E-state index contributed by atoms with van der Waals surface area (Å²) in [5.74, 6) is -1.37. The zero-order chi connectivity index (χ0) is 21.2. The number of nitrogens with two attached hydrogens (primary N) is 1. The molecule has 1 aliphatic carbocycles. The SMILES string of the molecule is Cc1cc(F)ccc1Oc1ccc(F)cc1C(=O)NC1C=CC=C(S(N)(=O)=O)C1. The van der Waals surface area contributed by atoms with E-state index in [9.17, 15) is 22.0 Å². The molecule has 3 N–H and O–H groups in total. The minimum atomic E-state index is -3.88. The molecule has 0 heterocycles. The molecule has 0 spiro atoms. The second-order valence-electron chi connectivity index (χ2n) is 6.50. The lowest BCUT2D eigenvalue weighted by molar-refractivity contribution is 0.0941. The molecule has 0 saturated carbocycles. The molecular weight excluding hydrogens is 402 g/mol. The molecule has 2 aromatic rings. The average Bonchev–Trinajstić information content (AvgIpc) is 2.64. The highest BCUT2D eigenvalue weighted by Gasteiger charge is 2.23. The highest BCUT2D eigenvalue weighted by atomic mass is 32.2. The normalized spacial score (nSPS) is 16.3. The lowest BCUT2D eigenvalue weighted by Crippen LogP contribution is -2.36. The molecule has 3 rings (SSSR count). The number of ether oxygens (including phenoxy) is 1. The Bertz CT molecular complexity index is 1130. The van der Waals surface area contributed by atoms with Crippen LogP contribution < -0.4 is 15.2 Å². The van der Waals surface area contributed by atoms with E-state index >= 15 is 0 Å². The molecule has 0 radical (unpaired) electrons. The monoisotopic (exact) mass is 420 g/mol. The third kappa shape index (κ3) is 5.07. The average molecular weight is 420 g/mol. The number of benzene rings is 2. The first-order valence-corrected chi connectivity index (χ1v) is 10.1. The van der Waals surface area contributed by atoms with E-state index in [4.69, 9.17) is 9.88 Å². The number of rotatable bonds is 5. The third-order valence-corrected chi connectivity index (χ3v) is 5.31. The summed E-state index contributed by atoms with van der Waals surface area (Å²) < 4.78 is 55.8. The first kappa shape index (κ1) is 20.7. The molecule has 0 bridgehead atoms. The van der Waals surface area contributed by atoms with Crippen molar-refractivity contribution in [3.8, 4) is 11.5 Å². The van der Waals surface area contributed by atoms with Gasteiger partial charge >= 0.3 is 0 Å². The fraction of sp³-hybridized carbons (Fsp3) is 0.150. The fourth-order valence-electron chi connectivity index (χ4n) is 2.82. The summed E-state index contributed by atoms with van der Waals surface area (Å²) in [6, 6.07) is 6.66. The number of hydrogen-bond donors (Lipinski definition) is 2. The molecule has 9 heteroatoms. The summed E-state index contributed by atoms with van der Waals surface area (Å²) in [4.78, 5) is 12.7. The van der Waals surface area contributed by atoms with Gasteiger partial charge in [-0.15, -0.1) is 0 Å². The Kier molecular flexibility index (Phi) is 5.81. The van der Waals surface area contributed by atoms with Crippen molar-refractivity contribution >= 4 is 15.9 Å².